The van der Waals surface area contributed by atoms with Crippen LogP contribution >= 0.6 is 0 Å². The molecular weight excluding hydrogens is 256 g/mol. The lowest BCUT2D eigenvalue weighted by molar-refractivity contribution is 0.0934. The Kier molecular flexibility index (Phi) is 4.33. The van der Waals surface area contributed by atoms with Gasteiger partial charge in [0.1, 0.15) is 15.5 Å². The molecule has 1 unspecified atom stereocenters. The van der Waals surface area contributed by atoms with Crippen LogP contribution in [0.1, 0.15) is 24.3 Å². The van der Waals surface area contributed by atoms with E-state index >= 15 is 0 Å². The van der Waals surface area contributed by atoms with Gasteiger partial charge in [-0.3, -0.25) is 9.48 Å². The van der Waals surface area contributed by atoms with Crippen molar-refractivity contribution in [3.63, 3.8) is 0 Å². The number of nitrogen functional groups attached to an aromatic ring is 1. The first-order valence-corrected chi connectivity index (χ1v) is 7.60. The highest BCUT2D eigenvalue weighted by atomic mass is 32.2. The number of sulfone groups is 1. The third-order valence-electron chi connectivity index (χ3n) is 2.31. The molecule has 0 aliphatic carbocycles. The summed E-state index contributed by atoms with van der Waals surface area (Å²) in [7, 11) is -3.13. The predicted molar refractivity (Wildman–Crippen MR) is 69.0 cm³/mol. The lowest BCUT2D eigenvalue weighted by Crippen LogP contribution is -2.38. The van der Waals surface area contributed by atoms with Crippen LogP contribution < -0.4 is 11.1 Å². The van der Waals surface area contributed by atoms with Gasteiger partial charge in [-0.15, -0.1) is 0 Å². The fraction of sp³-hybridized carbons (Fsp3) is 0.600. The molecule has 1 atom stereocenters. The summed E-state index contributed by atoms with van der Waals surface area (Å²) in [6, 6.07) is -0.480. The van der Waals surface area contributed by atoms with Crippen LogP contribution in [0.2, 0.25) is 0 Å². The number of aryl methyl sites for hydroxylation is 1. The number of aromatic nitrogens is 2. The molecule has 18 heavy (non-hydrogen) atoms. The molecule has 8 heteroatoms. The van der Waals surface area contributed by atoms with E-state index in [4.69, 9.17) is 5.73 Å². The average Bonchev–Trinajstić information content (AvgIpc) is 2.56. The first-order chi connectivity index (χ1) is 8.24. The summed E-state index contributed by atoms with van der Waals surface area (Å²) >= 11 is 0. The first kappa shape index (κ1) is 14.5. The monoisotopic (exact) mass is 274 g/mol. The Bertz CT molecular complexity index is 535. The summed E-state index contributed by atoms with van der Waals surface area (Å²) in [5.74, 6) is -0.526. The van der Waals surface area contributed by atoms with E-state index in [0.29, 0.717) is 6.54 Å². The normalized spacial score (nSPS) is 13.3. The van der Waals surface area contributed by atoms with Crippen molar-refractivity contribution in [1.82, 2.24) is 15.1 Å². The van der Waals surface area contributed by atoms with Crippen LogP contribution in [0.25, 0.3) is 0 Å². The summed E-state index contributed by atoms with van der Waals surface area (Å²) in [6.07, 6.45) is 2.53. The lowest BCUT2D eigenvalue weighted by Gasteiger charge is -2.13. The molecule has 7 nitrogen and oxygen atoms in total. The average molecular weight is 274 g/mol. The fourth-order valence-corrected chi connectivity index (χ4v) is 2.67. The second kappa shape index (κ2) is 5.38. The number of anilines is 1. The molecule has 0 aromatic carbocycles. The molecule has 0 aliphatic heterocycles. The van der Waals surface area contributed by atoms with Crippen LogP contribution in [0.4, 0.5) is 5.69 Å². The maximum absolute atomic E-state index is 12.0. The SMILES string of the molecule is CCn1ncc(N)c1C(=O)NC(C)CS(C)(=O)=O. The third kappa shape index (κ3) is 3.73. The summed E-state index contributed by atoms with van der Waals surface area (Å²) in [5.41, 5.74) is 6.20. The van der Waals surface area contributed by atoms with E-state index < -0.39 is 21.8 Å². The van der Waals surface area contributed by atoms with Crippen LogP contribution in [0.3, 0.4) is 0 Å². The van der Waals surface area contributed by atoms with Gasteiger partial charge in [-0.2, -0.15) is 5.10 Å². The Balaban J connectivity index is 2.79. The highest BCUT2D eigenvalue weighted by Gasteiger charge is 2.19. The van der Waals surface area contributed by atoms with Crippen molar-refractivity contribution in [2.24, 2.45) is 0 Å². The Hall–Kier alpha value is -1.57. The van der Waals surface area contributed by atoms with E-state index in [9.17, 15) is 13.2 Å². The van der Waals surface area contributed by atoms with E-state index in [-0.39, 0.29) is 17.1 Å². The zero-order valence-corrected chi connectivity index (χ0v) is 11.5. The molecule has 1 aromatic heterocycles. The summed E-state index contributed by atoms with van der Waals surface area (Å²) in [5, 5.41) is 6.55. The van der Waals surface area contributed by atoms with Crippen LogP contribution in [0.15, 0.2) is 6.20 Å². The van der Waals surface area contributed by atoms with Crippen LogP contribution in [-0.4, -0.2) is 42.2 Å². The Morgan fingerprint density at radius 3 is 2.72 bits per heavy atom. The first-order valence-electron chi connectivity index (χ1n) is 5.54. The van der Waals surface area contributed by atoms with Gasteiger partial charge in [0.05, 0.1) is 17.6 Å². The zero-order chi connectivity index (χ0) is 13.9. The standard InChI is InChI=1S/C10H18N4O3S/c1-4-14-9(8(11)5-12-14)10(15)13-7(2)6-18(3,16)17/h5,7H,4,6,11H2,1-3H3,(H,13,15). The number of nitrogens with two attached hydrogens (primary N) is 1. The Morgan fingerprint density at radius 2 is 2.22 bits per heavy atom. The van der Waals surface area contributed by atoms with Gasteiger partial charge in [0.15, 0.2) is 0 Å². The molecule has 102 valence electrons. The second-order valence-corrected chi connectivity index (χ2v) is 6.42. The highest BCUT2D eigenvalue weighted by molar-refractivity contribution is 7.90. The van der Waals surface area contributed by atoms with Crippen molar-refractivity contribution < 1.29 is 13.2 Å². The number of rotatable bonds is 5. The van der Waals surface area contributed by atoms with Crippen molar-refractivity contribution in [3.8, 4) is 0 Å². The number of hydrogen-bond acceptors (Lipinski definition) is 5. The van der Waals surface area contributed by atoms with Gasteiger partial charge in [-0.1, -0.05) is 0 Å². The van der Waals surface area contributed by atoms with Gasteiger partial charge in [0.25, 0.3) is 5.91 Å². The molecule has 1 rings (SSSR count). The fourth-order valence-electron chi connectivity index (χ4n) is 1.68. The topological polar surface area (TPSA) is 107 Å². The van der Waals surface area contributed by atoms with E-state index in [1.54, 1.807) is 6.92 Å². The maximum atomic E-state index is 12.0. The quantitative estimate of drug-likeness (QED) is 0.763. The molecule has 0 spiro atoms. The number of carbonyl (C=O) groups is 1. The molecule has 0 fully saturated rings. The molecule has 0 aliphatic rings. The van der Waals surface area contributed by atoms with Crippen molar-refractivity contribution in [3.05, 3.63) is 11.9 Å². The Labute approximate surface area is 106 Å². The molecule has 0 saturated heterocycles. The summed E-state index contributed by atoms with van der Waals surface area (Å²) in [4.78, 5) is 12.0. The smallest absolute Gasteiger partial charge is 0.271 e. The van der Waals surface area contributed by atoms with Gasteiger partial charge in [0.2, 0.25) is 0 Å². The van der Waals surface area contributed by atoms with Gasteiger partial charge >= 0.3 is 0 Å². The molecule has 1 amide bonds. The van der Waals surface area contributed by atoms with E-state index in [2.05, 4.69) is 10.4 Å². The molecular formula is C10H18N4O3S. The largest absolute Gasteiger partial charge is 0.396 e. The van der Waals surface area contributed by atoms with Crippen molar-refractivity contribution in [2.45, 2.75) is 26.4 Å². The van der Waals surface area contributed by atoms with Crippen molar-refractivity contribution in [1.29, 1.82) is 0 Å². The van der Waals surface area contributed by atoms with Crippen LogP contribution in [0.5, 0.6) is 0 Å². The number of carbonyl (C=O) groups excluding carboxylic acids is 1. The lowest BCUT2D eigenvalue weighted by atomic mass is 10.3. The molecule has 0 bridgehead atoms. The van der Waals surface area contributed by atoms with Gasteiger partial charge < -0.3 is 11.1 Å². The zero-order valence-electron chi connectivity index (χ0n) is 10.7. The van der Waals surface area contributed by atoms with Gasteiger partial charge in [-0.05, 0) is 13.8 Å². The molecule has 3 N–H and O–H groups in total. The molecule has 1 aromatic rings. The molecule has 1 heterocycles. The third-order valence-corrected chi connectivity index (χ3v) is 3.42. The van der Waals surface area contributed by atoms with Crippen molar-refractivity contribution in [2.75, 3.05) is 17.7 Å². The minimum Gasteiger partial charge on any atom is -0.396 e. The number of hydrogen-bond donors (Lipinski definition) is 2. The number of nitrogens with one attached hydrogen (secondary N) is 1. The predicted octanol–water partition coefficient (Wildman–Crippen LogP) is -0.352. The van der Waals surface area contributed by atoms with Crippen LogP contribution in [0, 0.1) is 0 Å². The van der Waals surface area contributed by atoms with E-state index in [0.717, 1.165) is 6.26 Å². The minimum absolute atomic E-state index is 0.112. The maximum Gasteiger partial charge on any atom is 0.271 e. The molecule has 0 saturated carbocycles. The van der Waals surface area contributed by atoms with E-state index in [1.165, 1.54) is 10.9 Å². The summed E-state index contributed by atoms with van der Waals surface area (Å²) in [6.45, 7) is 3.98. The van der Waals surface area contributed by atoms with Gasteiger partial charge in [-0.25, -0.2) is 8.42 Å². The summed E-state index contributed by atoms with van der Waals surface area (Å²) < 4.78 is 23.7. The van der Waals surface area contributed by atoms with Gasteiger partial charge in [0, 0.05) is 18.8 Å². The number of amides is 1. The minimum atomic E-state index is -3.13. The van der Waals surface area contributed by atoms with Crippen LogP contribution in [-0.2, 0) is 16.4 Å². The Morgan fingerprint density at radius 1 is 1.61 bits per heavy atom. The number of nitrogens with zero attached hydrogens (tertiary/aromatic N) is 2. The second-order valence-electron chi connectivity index (χ2n) is 4.23. The highest BCUT2D eigenvalue weighted by Crippen LogP contribution is 2.10. The van der Waals surface area contributed by atoms with Crippen molar-refractivity contribution >= 4 is 21.4 Å². The van der Waals surface area contributed by atoms with E-state index in [1.807, 2.05) is 6.92 Å². The molecule has 0 radical (unpaired) electrons.